The maximum atomic E-state index is 5.06. The summed E-state index contributed by atoms with van der Waals surface area (Å²) in [6.07, 6.45) is 2.03. The number of anilines is 3. The largest absolute Gasteiger partial charge is 0.294 e. The van der Waals surface area contributed by atoms with Crippen molar-refractivity contribution < 1.29 is 0 Å². The van der Waals surface area contributed by atoms with Crippen LogP contribution in [0.1, 0.15) is 26.3 Å². The van der Waals surface area contributed by atoms with E-state index in [0.29, 0.717) is 0 Å². The van der Waals surface area contributed by atoms with Gasteiger partial charge < -0.3 is 0 Å². The highest BCUT2D eigenvalue weighted by atomic mass is 15.2. The van der Waals surface area contributed by atoms with Gasteiger partial charge in [-0.3, -0.25) is 4.90 Å². The Balaban J connectivity index is 1.49. The molecule has 0 atom stereocenters. The van der Waals surface area contributed by atoms with Crippen molar-refractivity contribution in [2.75, 3.05) is 4.90 Å². The quantitative estimate of drug-likeness (QED) is 0.197. The van der Waals surface area contributed by atoms with Crippen molar-refractivity contribution in [1.29, 1.82) is 0 Å². The Hall–Kier alpha value is -5.21. The van der Waals surface area contributed by atoms with Crippen LogP contribution < -0.4 is 4.90 Å². The lowest BCUT2D eigenvalue weighted by molar-refractivity contribution is 0.587. The number of fused-ring (bicyclic) bond motifs is 2. The summed E-state index contributed by atoms with van der Waals surface area (Å²) in [5.41, 5.74) is 8.36. The zero-order valence-corrected chi connectivity index (χ0v) is 24.8. The predicted molar refractivity (Wildman–Crippen MR) is 184 cm³/mol. The molecular formula is C41H34N2. The molecule has 1 heterocycles. The van der Waals surface area contributed by atoms with Gasteiger partial charge in [0.05, 0.1) is 5.69 Å². The number of rotatable bonds is 5. The van der Waals surface area contributed by atoms with E-state index in [-0.39, 0.29) is 5.41 Å². The van der Waals surface area contributed by atoms with Crippen molar-refractivity contribution in [3.63, 3.8) is 0 Å². The van der Waals surface area contributed by atoms with E-state index < -0.39 is 0 Å². The molecule has 0 saturated heterocycles. The van der Waals surface area contributed by atoms with Gasteiger partial charge in [0.2, 0.25) is 0 Å². The molecule has 7 rings (SSSR count). The molecule has 0 bridgehead atoms. The number of nitrogens with zero attached hydrogens (tertiary/aromatic N) is 2. The van der Waals surface area contributed by atoms with Gasteiger partial charge in [0.1, 0.15) is 5.82 Å². The maximum Gasteiger partial charge on any atom is 0.137 e. The molecule has 0 saturated carbocycles. The van der Waals surface area contributed by atoms with Crippen molar-refractivity contribution in [1.82, 2.24) is 4.98 Å². The standard InChI is InChI=1S/C41H34N2/c1-41(2,3)32-26-27-38(42-28-32)43(33-16-8-5-9-17-33)40-36-20-12-10-18-34(36)39(35-19-11-13-21-37(35)40)31-24-22-30(23-25-31)29-14-6-4-7-15-29/h4-28H,1-3H3. The summed E-state index contributed by atoms with van der Waals surface area (Å²) >= 11 is 0. The molecule has 7 aromatic rings. The summed E-state index contributed by atoms with van der Waals surface area (Å²) in [4.78, 5) is 7.38. The van der Waals surface area contributed by atoms with Gasteiger partial charge in [-0.2, -0.15) is 0 Å². The molecule has 0 unspecified atom stereocenters. The summed E-state index contributed by atoms with van der Waals surface area (Å²) in [5, 5.41) is 4.81. The van der Waals surface area contributed by atoms with E-state index in [9.17, 15) is 0 Å². The Bertz CT molecular complexity index is 1960. The van der Waals surface area contributed by atoms with E-state index in [1.165, 1.54) is 49.4 Å². The first-order valence-electron chi connectivity index (χ1n) is 14.9. The summed E-state index contributed by atoms with van der Waals surface area (Å²) in [7, 11) is 0. The minimum atomic E-state index is 0.0280. The van der Waals surface area contributed by atoms with Crippen molar-refractivity contribution >= 4 is 38.7 Å². The molecule has 0 amide bonds. The van der Waals surface area contributed by atoms with Gasteiger partial charge in [0.15, 0.2) is 0 Å². The Morgan fingerprint density at radius 3 is 1.49 bits per heavy atom. The van der Waals surface area contributed by atoms with Crippen LogP contribution in [0.2, 0.25) is 0 Å². The number of hydrogen-bond donors (Lipinski definition) is 0. The monoisotopic (exact) mass is 554 g/mol. The van der Waals surface area contributed by atoms with Crippen LogP contribution in [0.25, 0.3) is 43.8 Å². The number of hydrogen-bond acceptors (Lipinski definition) is 2. The molecule has 1 aromatic heterocycles. The van der Waals surface area contributed by atoms with Crippen LogP contribution in [0, 0.1) is 0 Å². The van der Waals surface area contributed by atoms with E-state index in [0.717, 1.165) is 17.2 Å². The van der Waals surface area contributed by atoms with Crippen molar-refractivity contribution in [2.24, 2.45) is 0 Å². The number of benzene rings is 6. The molecule has 6 aromatic carbocycles. The van der Waals surface area contributed by atoms with E-state index >= 15 is 0 Å². The highest BCUT2D eigenvalue weighted by Gasteiger charge is 2.23. The predicted octanol–water partition coefficient (Wildman–Crippen LogP) is 11.5. The summed E-state index contributed by atoms with van der Waals surface area (Å²) in [6, 6.07) is 52.1. The van der Waals surface area contributed by atoms with Crippen LogP contribution in [-0.4, -0.2) is 4.98 Å². The maximum absolute atomic E-state index is 5.06. The molecule has 0 aliphatic rings. The first kappa shape index (κ1) is 26.7. The van der Waals surface area contributed by atoms with Crippen molar-refractivity contribution in [3.05, 3.63) is 157 Å². The smallest absolute Gasteiger partial charge is 0.137 e. The topological polar surface area (TPSA) is 16.1 Å². The molecule has 0 aliphatic heterocycles. The van der Waals surface area contributed by atoms with Crippen molar-refractivity contribution in [2.45, 2.75) is 26.2 Å². The van der Waals surface area contributed by atoms with Crippen molar-refractivity contribution in [3.8, 4) is 22.3 Å². The van der Waals surface area contributed by atoms with E-state index in [1.54, 1.807) is 0 Å². The van der Waals surface area contributed by atoms with Crippen LogP contribution >= 0.6 is 0 Å². The summed E-state index contributed by atoms with van der Waals surface area (Å²) in [6.45, 7) is 6.68. The minimum absolute atomic E-state index is 0.0280. The molecule has 0 aliphatic carbocycles. The van der Waals surface area contributed by atoms with Crippen LogP contribution in [0.4, 0.5) is 17.2 Å². The van der Waals surface area contributed by atoms with Gasteiger partial charge in [-0.1, -0.05) is 148 Å². The lowest BCUT2D eigenvalue weighted by Gasteiger charge is -2.29. The van der Waals surface area contributed by atoms with Crippen LogP contribution in [0.15, 0.2) is 152 Å². The molecule has 0 spiro atoms. The minimum Gasteiger partial charge on any atom is -0.294 e. The van der Waals surface area contributed by atoms with Crippen LogP contribution in [0.3, 0.4) is 0 Å². The molecule has 43 heavy (non-hydrogen) atoms. The highest BCUT2D eigenvalue weighted by Crippen LogP contribution is 2.47. The Kier molecular flexibility index (Phi) is 6.75. The molecule has 2 heteroatoms. The van der Waals surface area contributed by atoms with Gasteiger partial charge >= 0.3 is 0 Å². The second kappa shape index (κ2) is 10.9. The fourth-order valence-electron chi connectivity index (χ4n) is 6.03. The SMILES string of the molecule is CC(C)(C)c1ccc(N(c2ccccc2)c2c3ccccc3c(-c3ccc(-c4ccccc4)cc3)c3ccccc23)nc1. The average Bonchev–Trinajstić information content (AvgIpc) is 3.05. The highest BCUT2D eigenvalue weighted by molar-refractivity contribution is 6.22. The van der Waals surface area contributed by atoms with Crippen LogP contribution in [0.5, 0.6) is 0 Å². The Labute approximate surface area is 253 Å². The number of pyridine rings is 1. The van der Waals surface area contributed by atoms with Gasteiger partial charge in [-0.25, -0.2) is 4.98 Å². The Morgan fingerprint density at radius 2 is 0.953 bits per heavy atom. The first-order valence-corrected chi connectivity index (χ1v) is 14.9. The molecule has 0 radical (unpaired) electrons. The first-order chi connectivity index (χ1) is 21.0. The van der Waals surface area contributed by atoms with Gasteiger partial charge in [-0.15, -0.1) is 0 Å². The van der Waals surface area contributed by atoms with Gasteiger partial charge in [0, 0.05) is 22.7 Å². The fourth-order valence-corrected chi connectivity index (χ4v) is 6.03. The molecule has 208 valence electrons. The lowest BCUT2D eigenvalue weighted by Crippen LogP contribution is -2.15. The van der Waals surface area contributed by atoms with E-state index in [1.807, 2.05) is 6.20 Å². The lowest BCUT2D eigenvalue weighted by atomic mass is 9.88. The van der Waals surface area contributed by atoms with E-state index in [2.05, 4.69) is 171 Å². The van der Waals surface area contributed by atoms with E-state index in [4.69, 9.17) is 4.98 Å². The average molecular weight is 555 g/mol. The fraction of sp³-hybridized carbons (Fsp3) is 0.0976. The second-order valence-electron chi connectivity index (χ2n) is 12.1. The number of aromatic nitrogens is 1. The molecule has 0 fully saturated rings. The second-order valence-corrected chi connectivity index (χ2v) is 12.1. The Morgan fingerprint density at radius 1 is 0.465 bits per heavy atom. The third-order valence-corrected chi connectivity index (χ3v) is 8.26. The normalized spacial score (nSPS) is 11.6. The number of para-hydroxylation sites is 1. The molecule has 2 nitrogen and oxygen atoms in total. The third kappa shape index (κ3) is 4.96. The third-order valence-electron chi connectivity index (χ3n) is 8.26. The summed E-state index contributed by atoms with van der Waals surface area (Å²) in [5.74, 6) is 0.898. The van der Waals surface area contributed by atoms with Crippen LogP contribution in [-0.2, 0) is 5.41 Å². The zero-order chi connectivity index (χ0) is 29.4. The van der Waals surface area contributed by atoms with Gasteiger partial charge in [-0.05, 0) is 62.2 Å². The summed E-state index contributed by atoms with van der Waals surface area (Å²) < 4.78 is 0. The molecule has 0 N–H and O–H groups in total. The molecular weight excluding hydrogens is 520 g/mol. The zero-order valence-electron chi connectivity index (χ0n) is 24.8. The van der Waals surface area contributed by atoms with Gasteiger partial charge in [0.25, 0.3) is 0 Å².